The third kappa shape index (κ3) is 0.832. The molecule has 4 bridgehead atoms. The molecule has 2 heterocycles. The Morgan fingerprint density at radius 2 is 1.91 bits per heavy atom. The third-order valence-electron chi connectivity index (χ3n) is 8.55. The first-order chi connectivity index (χ1) is 10.6. The number of rotatable bonds is 2. The molecule has 10 unspecified atom stereocenters. The van der Waals surface area contributed by atoms with Gasteiger partial charge in [0.25, 0.3) is 0 Å². The molecule has 10 atom stereocenters. The van der Waals surface area contributed by atoms with Crippen molar-refractivity contribution in [1.82, 2.24) is 4.90 Å². The molecule has 7 fully saturated rings. The van der Waals surface area contributed by atoms with Gasteiger partial charge in [-0.15, -0.1) is 0 Å². The second kappa shape index (κ2) is 3.01. The molecule has 2 nitrogen and oxygen atoms in total. The fraction of sp³-hybridized carbons (Fsp3) is 0.667. The van der Waals surface area contributed by atoms with E-state index in [9.17, 15) is 13.9 Å². The predicted molar refractivity (Wildman–Crippen MR) is 73.2 cm³/mol. The summed E-state index contributed by atoms with van der Waals surface area (Å²) >= 11 is 0. The van der Waals surface area contributed by atoms with Crippen LogP contribution in [0.5, 0.6) is 0 Å². The molecule has 5 aliphatic carbocycles. The lowest BCUT2D eigenvalue weighted by atomic mass is 9.59. The molecule has 8 rings (SSSR count). The van der Waals surface area contributed by atoms with Crippen LogP contribution < -0.4 is 0 Å². The van der Waals surface area contributed by atoms with Crippen molar-refractivity contribution in [3.8, 4) is 0 Å². The van der Waals surface area contributed by atoms with Crippen molar-refractivity contribution in [1.29, 1.82) is 0 Å². The van der Waals surface area contributed by atoms with Crippen LogP contribution in [0.25, 0.3) is 0 Å². The van der Waals surface area contributed by atoms with Gasteiger partial charge in [-0.1, -0.05) is 6.07 Å². The number of benzene rings is 1. The van der Waals surface area contributed by atoms with Crippen molar-refractivity contribution in [3.05, 3.63) is 35.4 Å². The van der Waals surface area contributed by atoms with Gasteiger partial charge in [0.05, 0.1) is 0 Å². The molecule has 0 spiro atoms. The molecule has 0 aromatic heterocycles. The zero-order valence-electron chi connectivity index (χ0n) is 12.0. The summed E-state index contributed by atoms with van der Waals surface area (Å²) in [6.45, 7) is 0.567. The van der Waals surface area contributed by atoms with Gasteiger partial charge in [-0.2, -0.15) is 0 Å². The monoisotopic (exact) mass is 301 g/mol. The van der Waals surface area contributed by atoms with Crippen LogP contribution in [0.15, 0.2) is 18.2 Å². The predicted octanol–water partition coefficient (Wildman–Crippen LogP) is 2.23. The second-order valence-corrected chi connectivity index (χ2v) is 8.57. The summed E-state index contributed by atoms with van der Waals surface area (Å²) in [4.78, 5) is 2.29. The minimum absolute atomic E-state index is 0.470. The van der Waals surface area contributed by atoms with Crippen LogP contribution in [0.3, 0.4) is 0 Å². The molecule has 4 heteroatoms. The van der Waals surface area contributed by atoms with E-state index in [1.807, 2.05) is 0 Å². The highest BCUT2D eigenvalue weighted by molar-refractivity contribution is 5.41. The highest BCUT2D eigenvalue weighted by atomic mass is 19.2. The summed E-state index contributed by atoms with van der Waals surface area (Å²) < 4.78 is 26.7. The van der Waals surface area contributed by atoms with Crippen molar-refractivity contribution in [2.45, 2.75) is 24.7 Å². The summed E-state index contributed by atoms with van der Waals surface area (Å²) in [5.74, 6) is 4.02. The Morgan fingerprint density at radius 1 is 1.05 bits per heavy atom. The lowest BCUT2D eigenvalue weighted by Crippen LogP contribution is -2.50. The van der Waals surface area contributed by atoms with Crippen molar-refractivity contribution in [2.75, 3.05) is 0 Å². The molecular weight excluding hydrogens is 284 g/mol. The Hall–Kier alpha value is -1.00. The topological polar surface area (TPSA) is 23.5 Å². The maximum Gasteiger partial charge on any atom is 0.159 e. The first-order valence-electron chi connectivity index (χ1n) is 8.55. The second-order valence-electron chi connectivity index (χ2n) is 8.57. The van der Waals surface area contributed by atoms with Gasteiger partial charge in [-0.3, -0.25) is 4.90 Å². The SMILES string of the molecule is OC12C3C4CC5C6C4C1C6C(C53)N2Cc1ccc(F)c(F)c1. The highest BCUT2D eigenvalue weighted by Gasteiger charge is 2.93. The third-order valence-corrected chi connectivity index (χ3v) is 8.55. The molecule has 1 aromatic rings. The number of aliphatic hydroxyl groups is 1. The minimum atomic E-state index is -0.794. The van der Waals surface area contributed by atoms with Crippen LogP contribution in [0.1, 0.15) is 12.0 Å². The van der Waals surface area contributed by atoms with Gasteiger partial charge < -0.3 is 5.11 Å². The molecule has 2 aliphatic heterocycles. The van der Waals surface area contributed by atoms with Gasteiger partial charge in [0, 0.05) is 24.4 Å². The Bertz CT molecular complexity index is 753. The smallest absolute Gasteiger partial charge is 0.159 e. The number of hydrogen-bond donors (Lipinski definition) is 1. The van der Waals surface area contributed by atoms with Crippen LogP contribution in [-0.2, 0) is 6.54 Å². The van der Waals surface area contributed by atoms with E-state index in [1.54, 1.807) is 6.07 Å². The molecule has 7 aliphatic rings. The zero-order chi connectivity index (χ0) is 14.5. The van der Waals surface area contributed by atoms with Gasteiger partial charge >= 0.3 is 0 Å². The Labute approximate surface area is 127 Å². The van der Waals surface area contributed by atoms with Crippen molar-refractivity contribution < 1.29 is 13.9 Å². The summed E-state index contributed by atoms with van der Waals surface area (Å²) in [5.41, 5.74) is 0.149. The molecule has 22 heavy (non-hydrogen) atoms. The molecule has 5 saturated carbocycles. The number of hydrogen-bond acceptors (Lipinski definition) is 2. The van der Waals surface area contributed by atoms with E-state index in [0.29, 0.717) is 36.3 Å². The Balaban J connectivity index is 1.33. The van der Waals surface area contributed by atoms with Crippen LogP contribution in [0.2, 0.25) is 0 Å². The van der Waals surface area contributed by atoms with Gasteiger partial charge in [0.2, 0.25) is 0 Å². The van der Waals surface area contributed by atoms with Gasteiger partial charge in [0.15, 0.2) is 11.6 Å². The summed E-state index contributed by atoms with van der Waals surface area (Å²) in [6.07, 6.45) is 1.36. The van der Waals surface area contributed by atoms with Gasteiger partial charge in [-0.05, 0) is 59.6 Å². The maximum atomic E-state index is 13.5. The molecule has 0 radical (unpaired) electrons. The molecular formula is C18H17F2NO. The van der Waals surface area contributed by atoms with E-state index in [4.69, 9.17) is 0 Å². The lowest BCUT2D eigenvalue weighted by molar-refractivity contribution is -0.134. The van der Waals surface area contributed by atoms with Gasteiger partial charge in [-0.25, -0.2) is 8.78 Å². The minimum Gasteiger partial charge on any atom is -0.375 e. The molecule has 1 N–H and O–H groups in total. The molecule has 0 amide bonds. The zero-order valence-corrected chi connectivity index (χ0v) is 12.0. The number of halogens is 2. The molecule has 1 aromatic carbocycles. The largest absolute Gasteiger partial charge is 0.375 e. The maximum absolute atomic E-state index is 13.5. The van der Waals surface area contributed by atoms with E-state index in [0.717, 1.165) is 29.2 Å². The first kappa shape index (κ1) is 11.5. The fourth-order valence-corrected chi connectivity index (χ4v) is 8.60. The normalized spacial score (nSPS) is 61.0. The molecule has 2 saturated heterocycles. The van der Waals surface area contributed by atoms with Crippen LogP contribution >= 0.6 is 0 Å². The lowest BCUT2D eigenvalue weighted by Gasteiger charge is -2.45. The van der Waals surface area contributed by atoms with Gasteiger partial charge in [0.1, 0.15) is 5.72 Å². The highest BCUT2D eigenvalue weighted by Crippen LogP contribution is 2.90. The van der Waals surface area contributed by atoms with E-state index >= 15 is 0 Å². The van der Waals surface area contributed by atoms with Crippen LogP contribution in [-0.4, -0.2) is 21.8 Å². The van der Waals surface area contributed by atoms with E-state index in [-0.39, 0.29) is 0 Å². The average molecular weight is 301 g/mol. The van der Waals surface area contributed by atoms with Crippen molar-refractivity contribution in [2.24, 2.45) is 47.3 Å². The van der Waals surface area contributed by atoms with Crippen LogP contribution in [0.4, 0.5) is 8.78 Å². The first-order valence-corrected chi connectivity index (χ1v) is 8.55. The van der Waals surface area contributed by atoms with Crippen molar-refractivity contribution >= 4 is 0 Å². The number of nitrogens with zero attached hydrogens (tertiary/aromatic N) is 1. The molecule has 114 valence electrons. The summed E-state index contributed by atoms with van der Waals surface area (Å²) in [6, 6.07) is 4.68. The summed E-state index contributed by atoms with van der Waals surface area (Å²) in [7, 11) is 0. The van der Waals surface area contributed by atoms with Crippen LogP contribution in [0, 0.1) is 59.0 Å². The van der Waals surface area contributed by atoms with Crippen molar-refractivity contribution in [3.63, 3.8) is 0 Å². The van der Waals surface area contributed by atoms with E-state index < -0.39 is 17.4 Å². The van der Waals surface area contributed by atoms with E-state index in [2.05, 4.69) is 4.90 Å². The Kier molecular flexibility index (Phi) is 1.57. The quantitative estimate of drug-likeness (QED) is 0.905. The standard InChI is InChI=1S/C18H17F2NO/c19-9-2-1-6(3-10(9)20)5-21-17-13-7-4-8-12-11(7)14(17)16(12)18(21,22)15(8)13/h1-3,7-8,11-17,22H,4-5H2. The van der Waals surface area contributed by atoms with E-state index in [1.165, 1.54) is 18.6 Å². The average Bonchev–Trinajstić information content (AvgIpc) is 3.09. The Morgan fingerprint density at radius 3 is 2.73 bits per heavy atom. The summed E-state index contributed by atoms with van der Waals surface area (Å²) in [5, 5.41) is 11.5. The fourth-order valence-electron chi connectivity index (χ4n) is 8.60.